The van der Waals surface area contributed by atoms with Crippen molar-refractivity contribution in [2.75, 3.05) is 4.72 Å². The molecule has 3 aromatic carbocycles. The molecule has 0 aliphatic rings. The number of aromatic nitrogens is 2. The molecule has 1 heterocycles. The highest BCUT2D eigenvalue weighted by Gasteiger charge is 2.23. The number of nitrogens with zero attached hydrogens (tertiary/aromatic N) is 2. The van der Waals surface area contributed by atoms with Gasteiger partial charge in [0.2, 0.25) is 0 Å². The summed E-state index contributed by atoms with van der Waals surface area (Å²) in [5, 5.41) is 3.85. The number of rotatable bonds is 6. The quantitative estimate of drug-likeness (QED) is 0.314. The maximum Gasteiger partial charge on any atom is 0.264 e. The van der Waals surface area contributed by atoms with Gasteiger partial charge in [-0.1, -0.05) is 46.9 Å². The molecule has 0 spiro atoms. The molecule has 4 rings (SSSR count). The summed E-state index contributed by atoms with van der Waals surface area (Å²) in [5.74, 6) is -0.503. The van der Waals surface area contributed by atoms with Crippen LogP contribution in [0.2, 0.25) is 15.1 Å². The van der Waals surface area contributed by atoms with Crippen LogP contribution in [0.5, 0.6) is 0 Å². The lowest BCUT2D eigenvalue weighted by Crippen LogP contribution is -2.28. The molecule has 0 radical (unpaired) electrons. The highest BCUT2D eigenvalue weighted by atomic mass is 35.5. The van der Waals surface area contributed by atoms with E-state index in [2.05, 4.69) is 18.8 Å². The van der Waals surface area contributed by atoms with Crippen LogP contribution >= 0.6 is 46.5 Å². The number of amides is 1. The molecule has 7 nitrogen and oxygen atoms in total. The van der Waals surface area contributed by atoms with Crippen LogP contribution in [0.25, 0.3) is 11.0 Å². The molecule has 0 fully saturated rings. The zero-order valence-electron chi connectivity index (χ0n) is 16.8. The van der Waals surface area contributed by atoms with E-state index in [1.54, 1.807) is 37.3 Å². The highest BCUT2D eigenvalue weighted by molar-refractivity contribution is 7.93. The van der Waals surface area contributed by atoms with Gasteiger partial charge >= 0.3 is 0 Å². The fraction of sp³-hybridized carbons (Fsp3) is 0.0952. The van der Waals surface area contributed by atoms with Gasteiger partial charge in [0.15, 0.2) is 0 Å². The highest BCUT2D eigenvalue weighted by Crippen LogP contribution is 2.29. The van der Waals surface area contributed by atoms with Crippen molar-refractivity contribution in [3.05, 3.63) is 80.8 Å². The first-order chi connectivity index (χ1) is 15.7. The SMILES string of the molecule is CC(NC(=O)c1ccc(Cl)cc1NS(=O)(=O)c1cccc2nsnc12)c1ccc(Cl)c(Cl)c1. The van der Waals surface area contributed by atoms with Crippen molar-refractivity contribution >= 4 is 79.2 Å². The van der Waals surface area contributed by atoms with Gasteiger partial charge in [-0.15, -0.1) is 0 Å². The normalized spacial score (nSPS) is 12.5. The van der Waals surface area contributed by atoms with Crippen LogP contribution in [0, 0.1) is 0 Å². The predicted molar refractivity (Wildman–Crippen MR) is 132 cm³/mol. The van der Waals surface area contributed by atoms with E-state index in [-0.39, 0.29) is 26.7 Å². The zero-order valence-corrected chi connectivity index (χ0v) is 20.7. The van der Waals surface area contributed by atoms with E-state index in [0.29, 0.717) is 15.6 Å². The Bertz CT molecular complexity index is 1470. The number of nitrogens with one attached hydrogen (secondary N) is 2. The summed E-state index contributed by atoms with van der Waals surface area (Å²) in [4.78, 5) is 13.0. The molecular weight excluding hydrogens is 527 g/mol. The van der Waals surface area contributed by atoms with E-state index < -0.39 is 22.0 Å². The van der Waals surface area contributed by atoms with Gasteiger partial charge in [0.25, 0.3) is 15.9 Å². The van der Waals surface area contributed by atoms with E-state index in [1.165, 1.54) is 24.3 Å². The lowest BCUT2D eigenvalue weighted by molar-refractivity contribution is 0.0941. The average Bonchev–Trinajstić information content (AvgIpc) is 3.24. The molecule has 2 N–H and O–H groups in total. The Hall–Kier alpha value is -2.43. The first kappa shape index (κ1) is 23.7. The van der Waals surface area contributed by atoms with Gasteiger partial charge in [0.1, 0.15) is 15.9 Å². The molecule has 1 aromatic heterocycles. The van der Waals surface area contributed by atoms with Crippen molar-refractivity contribution in [2.24, 2.45) is 0 Å². The Labute approximate surface area is 209 Å². The van der Waals surface area contributed by atoms with E-state index >= 15 is 0 Å². The number of anilines is 1. The van der Waals surface area contributed by atoms with Crippen LogP contribution in [-0.4, -0.2) is 23.1 Å². The number of carbonyl (C=O) groups is 1. The second-order valence-corrected chi connectivity index (χ2v) is 10.5. The first-order valence-corrected chi connectivity index (χ1v) is 12.8. The standard InChI is InChI=1S/C21H15Cl3N4O3S2/c1-11(12-5-8-15(23)16(24)9-12)25-21(29)14-7-6-13(22)10-18(14)28-33(30,31)19-4-2-3-17-20(19)27-32-26-17/h2-11,28H,1H3,(H,25,29). The van der Waals surface area contributed by atoms with Crippen LogP contribution in [0.4, 0.5) is 5.69 Å². The van der Waals surface area contributed by atoms with E-state index in [9.17, 15) is 13.2 Å². The zero-order chi connectivity index (χ0) is 23.8. The van der Waals surface area contributed by atoms with Crippen molar-refractivity contribution in [1.82, 2.24) is 14.1 Å². The number of halogens is 3. The number of benzene rings is 3. The maximum absolute atomic E-state index is 13.1. The summed E-state index contributed by atoms with van der Waals surface area (Å²) in [7, 11) is -4.09. The van der Waals surface area contributed by atoms with Crippen molar-refractivity contribution < 1.29 is 13.2 Å². The lowest BCUT2D eigenvalue weighted by Gasteiger charge is -2.17. The number of sulfonamides is 1. The minimum Gasteiger partial charge on any atom is -0.345 e. The molecule has 4 aromatic rings. The van der Waals surface area contributed by atoms with Gasteiger partial charge in [-0.3, -0.25) is 9.52 Å². The molecule has 170 valence electrons. The van der Waals surface area contributed by atoms with Crippen molar-refractivity contribution in [2.45, 2.75) is 17.9 Å². The topological polar surface area (TPSA) is 101 Å². The Kier molecular flexibility index (Phi) is 6.78. The smallest absolute Gasteiger partial charge is 0.264 e. The molecule has 1 unspecified atom stereocenters. The number of carbonyl (C=O) groups excluding carboxylic acids is 1. The minimum atomic E-state index is -4.09. The molecule has 33 heavy (non-hydrogen) atoms. The molecule has 0 saturated heterocycles. The fourth-order valence-corrected chi connectivity index (χ4v) is 5.45. The minimum absolute atomic E-state index is 0.0292. The maximum atomic E-state index is 13.1. The van der Waals surface area contributed by atoms with Crippen LogP contribution in [0.3, 0.4) is 0 Å². The fourth-order valence-electron chi connectivity index (χ4n) is 3.14. The van der Waals surface area contributed by atoms with Gasteiger partial charge in [-0.25, -0.2) is 8.42 Å². The number of hydrogen-bond donors (Lipinski definition) is 2. The van der Waals surface area contributed by atoms with Gasteiger partial charge in [0, 0.05) is 5.02 Å². The molecule has 0 saturated carbocycles. The Morgan fingerprint density at radius 1 is 1.00 bits per heavy atom. The monoisotopic (exact) mass is 540 g/mol. The Balaban J connectivity index is 1.64. The molecule has 1 amide bonds. The summed E-state index contributed by atoms with van der Waals surface area (Å²) >= 11 is 19.0. The van der Waals surface area contributed by atoms with Gasteiger partial charge in [0.05, 0.1) is 39.1 Å². The average molecular weight is 542 g/mol. The third kappa shape index (κ3) is 5.07. The third-order valence-corrected chi connectivity index (χ3v) is 7.71. The van der Waals surface area contributed by atoms with Crippen LogP contribution in [-0.2, 0) is 10.0 Å². The van der Waals surface area contributed by atoms with Crippen molar-refractivity contribution in [1.29, 1.82) is 0 Å². The van der Waals surface area contributed by atoms with E-state index in [1.807, 2.05) is 0 Å². The van der Waals surface area contributed by atoms with Crippen molar-refractivity contribution in [3.63, 3.8) is 0 Å². The molecule has 1 atom stereocenters. The summed E-state index contributed by atoms with van der Waals surface area (Å²) in [6.45, 7) is 1.77. The summed E-state index contributed by atoms with van der Waals surface area (Å²) in [6.07, 6.45) is 0. The second-order valence-electron chi connectivity index (χ2n) is 7.05. The van der Waals surface area contributed by atoms with Crippen LogP contribution in [0.15, 0.2) is 59.5 Å². The largest absolute Gasteiger partial charge is 0.345 e. The van der Waals surface area contributed by atoms with Crippen molar-refractivity contribution in [3.8, 4) is 0 Å². The summed E-state index contributed by atoms with van der Waals surface area (Å²) in [5.41, 5.74) is 1.57. The molecule has 12 heteroatoms. The summed E-state index contributed by atoms with van der Waals surface area (Å²) in [6, 6.07) is 13.6. The Morgan fingerprint density at radius 3 is 2.55 bits per heavy atom. The molecular formula is C21H15Cl3N4O3S2. The number of hydrogen-bond acceptors (Lipinski definition) is 6. The molecule has 0 aliphatic heterocycles. The molecule has 0 aliphatic carbocycles. The second kappa shape index (κ2) is 9.44. The summed E-state index contributed by atoms with van der Waals surface area (Å²) < 4.78 is 36.9. The van der Waals surface area contributed by atoms with E-state index in [0.717, 1.165) is 17.3 Å². The van der Waals surface area contributed by atoms with E-state index in [4.69, 9.17) is 34.8 Å². The Morgan fingerprint density at radius 2 is 1.79 bits per heavy atom. The first-order valence-electron chi connectivity index (χ1n) is 9.45. The lowest BCUT2D eigenvalue weighted by atomic mass is 10.1. The number of fused-ring (bicyclic) bond motifs is 1. The van der Waals surface area contributed by atoms with Gasteiger partial charge < -0.3 is 5.32 Å². The predicted octanol–water partition coefficient (Wildman–Crippen LogP) is 5.94. The molecule has 0 bridgehead atoms. The van der Waals surface area contributed by atoms with Crippen LogP contribution in [0.1, 0.15) is 28.9 Å². The van der Waals surface area contributed by atoms with Gasteiger partial charge in [-0.2, -0.15) is 8.75 Å². The van der Waals surface area contributed by atoms with Gasteiger partial charge in [-0.05, 0) is 55.0 Å². The van der Waals surface area contributed by atoms with Crippen LogP contribution < -0.4 is 10.0 Å². The third-order valence-electron chi connectivity index (χ3n) is 4.80.